The fourth-order valence-corrected chi connectivity index (χ4v) is 3.07. The van der Waals surface area contributed by atoms with E-state index in [2.05, 4.69) is 5.32 Å². The van der Waals surface area contributed by atoms with Crippen LogP contribution in [0.15, 0.2) is 30.3 Å². The van der Waals surface area contributed by atoms with Gasteiger partial charge in [0.05, 0.1) is 11.5 Å². The summed E-state index contributed by atoms with van der Waals surface area (Å²) in [4.78, 5) is 26.4. The molecule has 0 spiro atoms. The number of hydrogen-bond donors (Lipinski definition) is 1. The van der Waals surface area contributed by atoms with Crippen molar-refractivity contribution in [3.05, 3.63) is 35.9 Å². The number of amides is 2. The summed E-state index contributed by atoms with van der Waals surface area (Å²) in [5.41, 5.74) is 0.646. The molecule has 118 valence electrons. The Hall–Kier alpha value is -1.84. The lowest BCUT2D eigenvalue weighted by Gasteiger charge is -2.28. The van der Waals surface area contributed by atoms with Crippen LogP contribution < -0.4 is 5.32 Å². The van der Waals surface area contributed by atoms with Gasteiger partial charge in [0.2, 0.25) is 11.8 Å². The lowest BCUT2D eigenvalue weighted by Crippen LogP contribution is -2.44. The van der Waals surface area contributed by atoms with E-state index in [4.69, 9.17) is 0 Å². The van der Waals surface area contributed by atoms with E-state index >= 15 is 0 Å². The number of rotatable bonds is 5. The summed E-state index contributed by atoms with van der Waals surface area (Å²) >= 11 is 0. The van der Waals surface area contributed by atoms with Gasteiger partial charge in [-0.3, -0.25) is 9.59 Å². The molecule has 1 heterocycles. The standard InChI is InChI=1S/C18H24N2O2/c1-18(2,15-6-4-3-5-7-15)19-17(22)14-10-16(21)20(12-14)11-13-8-9-13/h3-7,13-14H,8-12H2,1-2H3,(H,19,22). The van der Waals surface area contributed by atoms with Crippen molar-refractivity contribution in [3.63, 3.8) is 0 Å². The molecule has 0 radical (unpaired) electrons. The van der Waals surface area contributed by atoms with Gasteiger partial charge >= 0.3 is 0 Å². The lowest BCUT2D eigenvalue weighted by molar-refractivity contribution is -0.129. The van der Waals surface area contributed by atoms with Gasteiger partial charge in [-0.1, -0.05) is 30.3 Å². The molecule has 2 amide bonds. The third kappa shape index (κ3) is 3.32. The molecule has 4 heteroatoms. The average molecular weight is 300 g/mol. The Balaban J connectivity index is 1.61. The van der Waals surface area contributed by atoms with Crippen molar-refractivity contribution in [1.29, 1.82) is 0 Å². The zero-order chi connectivity index (χ0) is 15.7. The number of carbonyl (C=O) groups excluding carboxylic acids is 2. The van der Waals surface area contributed by atoms with E-state index in [-0.39, 0.29) is 17.7 Å². The summed E-state index contributed by atoms with van der Waals surface area (Å²) in [5, 5.41) is 3.11. The third-order valence-electron chi connectivity index (χ3n) is 4.69. The van der Waals surface area contributed by atoms with Crippen LogP contribution in [0, 0.1) is 11.8 Å². The minimum atomic E-state index is -0.425. The second-order valence-electron chi connectivity index (χ2n) is 7.12. The Morgan fingerprint density at radius 2 is 1.95 bits per heavy atom. The van der Waals surface area contributed by atoms with Crippen molar-refractivity contribution in [3.8, 4) is 0 Å². The summed E-state index contributed by atoms with van der Waals surface area (Å²) in [5.74, 6) is 0.575. The number of carbonyl (C=O) groups is 2. The lowest BCUT2D eigenvalue weighted by atomic mass is 9.93. The van der Waals surface area contributed by atoms with E-state index in [1.807, 2.05) is 49.1 Å². The molecule has 2 aliphatic rings. The molecule has 1 atom stereocenters. The summed E-state index contributed by atoms with van der Waals surface area (Å²) in [6, 6.07) is 9.94. The van der Waals surface area contributed by atoms with Crippen molar-refractivity contribution in [2.45, 2.75) is 38.6 Å². The highest BCUT2D eigenvalue weighted by atomic mass is 16.2. The highest BCUT2D eigenvalue weighted by Crippen LogP contribution is 2.32. The smallest absolute Gasteiger partial charge is 0.226 e. The Bertz CT molecular complexity index is 564. The molecule has 0 bridgehead atoms. The number of nitrogens with one attached hydrogen (secondary N) is 1. The molecule has 1 aromatic rings. The van der Waals surface area contributed by atoms with Gasteiger partial charge in [0.1, 0.15) is 0 Å². The molecular weight excluding hydrogens is 276 g/mol. The highest BCUT2D eigenvalue weighted by Gasteiger charge is 2.38. The van der Waals surface area contributed by atoms with Gasteiger partial charge in [0.25, 0.3) is 0 Å². The fraction of sp³-hybridized carbons (Fsp3) is 0.556. The van der Waals surface area contributed by atoms with Crippen LogP contribution in [0.25, 0.3) is 0 Å². The zero-order valence-corrected chi connectivity index (χ0v) is 13.3. The summed E-state index contributed by atoms with van der Waals surface area (Å²) in [6.07, 6.45) is 2.80. The van der Waals surface area contributed by atoms with Crippen LogP contribution in [-0.2, 0) is 15.1 Å². The molecule has 1 N–H and O–H groups in total. The van der Waals surface area contributed by atoms with E-state index in [0.29, 0.717) is 18.9 Å². The second kappa shape index (κ2) is 5.75. The number of likely N-dealkylation sites (tertiary alicyclic amines) is 1. The van der Waals surface area contributed by atoms with Gasteiger partial charge in [0, 0.05) is 19.5 Å². The van der Waals surface area contributed by atoms with Crippen LogP contribution in [0.5, 0.6) is 0 Å². The van der Waals surface area contributed by atoms with E-state index in [0.717, 1.165) is 12.1 Å². The Morgan fingerprint density at radius 3 is 2.59 bits per heavy atom. The van der Waals surface area contributed by atoms with Crippen molar-refractivity contribution < 1.29 is 9.59 Å². The van der Waals surface area contributed by atoms with Crippen molar-refractivity contribution in [2.75, 3.05) is 13.1 Å². The minimum absolute atomic E-state index is 0.0134. The maximum Gasteiger partial charge on any atom is 0.226 e. The van der Waals surface area contributed by atoms with E-state index in [1.54, 1.807) is 0 Å². The first-order valence-corrected chi connectivity index (χ1v) is 8.11. The number of benzene rings is 1. The van der Waals surface area contributed by atoms with E-state index < -0.39 is 5.54 Å². The molecule has 1 saturated carbocycles. The van der Waals surface area contributed by atoms with Crippen LogP contribution >= 0.6 is 0 Å². The van der Waals surface area contributed by atoms with Crippen molar-refractivity contribution in [2.24, 2.45) is 11.8 Å². The van der Waals surface area contributed by atoms with Crippen LogP contribution in [0.2, 0.25) is 0 Å². The largest absolute Gasteiger partial charge is 0.347 e. The predicted molar refractivity (Wildman–Crippen MR) is 85.0 cm³/mol. The zero-order valence-electron chi connectivity index (χ0n) is 13.3. The first-order chi connectivity index (χ1) is 10.5. The molecular formula is C18H24N2O2. The Kier molecular flexibility index (Phi) is 3.94. The van der Waals surface area contributed by atoms with Gasteiger partial charge in [-0.15, -0.1) is 0 Å². The number of nitrogens with zero attached hydrogens (tertiary/aromatic N) is 1. The Morgan fingerprint density at radius 1 is 1.27 bits per heavy atom. The molecule has 1 unspecified atom stereocenters. The first-order valence-electron chi connectivity index (χ1n) is 8.11. The maximum absolute atomic E-state index is 12.5. The molecule has 4 nitrogen and oxygen atoms in total. The second-order valence-corrected chi connectivity index (χ2v) is 7.12. The topological polar surface area (TPSA) is 49.4 Å². The van der Waals surface area contributed by atoms with Crippen molar-refractivity contribution in [1.82, 2.24) is 10.2 Å². The van der Waals surface area contributed by atoms with Gasteiger partial charge in [-0.05, 0) is 38.2 Å². The molecule has 3 rings (SSSR count). The van der Waals surface area contributed by atoms with Crippen LogP contribution in [0.3, 0.4) is 0 Å². The summed E-state index contributed by atoms with van der Waals surface area (Å²) in [7, 11) is 0. The Labute approximate surface area is 131 Å². The minimum Gasteiger partial charge on any atom is -0.347 e. The molecule has 0 aromatic heterocycles. The van der Waals surface area contributed by atoms with Gasteiger partial charge in [-0.2, -0.15) is 0 Å². The van der Waals surface area contributed by atoms with Crippen LogP contribution in [-0.4, -0.2) is 29.8 Å². The fourth-order valence-electron chi connectivity index (χ4n) is 3.07. The molecule has 2 fully saturated rings. The van der Waals surface area contributed by atoms with Crippen LogP contribution in [0.1, 0.15) is 38.7 Å². The third-order valence-corrected chi connectivity index (χ3v) is 4.69. The van der Waals surface area contributed by atoms with Crippen LogP contribution in [0.4, 0.5) is 0 Å². The van der Waals surface area contributed by atoms with E-state index in [9.17, 15) is 9.59 Å². The van der Waals surface area contributed by atoms with Gasteiger partial charge < -0.3 is 10.2 Å². The highest BCUT2D eigenvalue weighted by molar-refractivity contribution is 5.89. The van der Waals surface area contributed by atoms with E-state index in [1.165, 1.54) is 12.8 Å². The molecule has 1 saturated heterocycles. The first kappa shape index (κ1) is 15.1. The van der Waals surface area contributed by atoms with Gasteiger partial charge in [0.15, 0.2) is 0 Å². The van der Waals surface area contributed by atoms with Gasteiger partial charge in [-0.25, -0.2) is 0 Å². The SMILES string of the molecule is CC(C)(NC(=O)C1CC(=O)N(CC2CC2)C1)c1ccccc1. The number of hydrogen-bond acceptors (Lipinski definition) is 2. The molecule has 1 aromatic carbocycles. The predicted octanol–water partition coefficient (Wildman–Crippen LogP) is 2.30. The normalized spacial score (nSPS) is 22.0. The monoisotopic (exact) mass is 300 g/mol. The molecule has 1 aliphatic carbocycles. The summed E-state index contributed by atoms with van der Waals surface area (Å²) in [6.45, 7) is 5.41. The molecule has 1 aliphatic heterocycles. The average Bonchev–Trinajstić information content (AvgIpc) is 3.22. The maximum atomic E-state index is 12.5. The quantitative estimate of drug-likeness (QED) is 0.907. The van der Waals surface area contributed by atoms with Crippen molar-refractivity contribution >= 4 is 11.8 Å². The molecule has 22 heavy (non-hydrogen) atoms. The summed E-state index contributed by atoms with van der Waals surface area (Å²) < 4.78 is 0.